The molecule has 0 saturated heterocycles. The van der Waals surface area contributed by atoms with Crippen LogP contribution < -0.4 is 4.74 Å². The average Bonchev–Trinajstić information content (AvgIpc) is 2.40. The minimum Gasteiger partial charge on any atom is -0.485 e. The van der Waals surface area contributed by atoms with Crippen molar-refractivity contribution in [2.75, 3.05) is 12.0 Å². The van der Waals surface area contributed by atoms with Crippen molar-refractivity contribution in [1.29, 1.82) is 0 Å². The number of ether oxygens (including phenoxy) is 1. The molecule has 2 rings (SSSR count). The molecule has 0 aromatic heterocycles. The standard InChI is InChI=1S/C15H15BrO3S/c1-20(17,18)11-15(12-5-3-2-4-6-12)19-14-9-7-13(16)8-10-14/h2-10,15H,11H2,1H3. The number of rotatable bonds is 5. The molecule has 20 heavy (non-hydrogen) atoms. The molecule has 0 heterocycles. The van der Waals surface area contributed by atoms with Crippen LogP contribution in [0.4, 0.5) is 0 Å². The van der Waals surface area contributed by atoms with Gasteiger partial charge in [-0.2, -0.15) is 0 Å². The fourth-order valence-corrected chi connectivity index (χ4v) is 2.89. The lowest BCUT2D eigenvalue weighted by Gasteiger charge is -2.19. The molecule has 3 nitrogen and oxygen atoms in total. The zero-order valence-corrected chi connectivity index (χ0v) is 13.4. The Labute approximate surface area is 127 Å². The first-order chi connectivity index (χ1) is 9.44. The Kier molecular flexibility index (Phi) is 4.83. The quantitative estimate of drug-likeness (QED) is 0.823. The third kappa shape index (κ3) is 4.65. The van der Waals surface area contributed by atoms with E-state index in [9.17, 15) is 8.42 Å². The summed E-state index contributed by atoms with van der Waals surface area (Å²) >= 11 is 3.35. The maximum Gasteiger partial charge on any atom is 0.151 e. The first kappa shape index (κ1) is 15.1. The predicted octanol–water partition coefficient (Wildman–Crippen LogP) is 3.61. The van der Waals surface area contributed by atoms with E-state index in [0.717, 1.165) is 10.0 Å². The van der Waals surface area contributed by atoms with Crippen LogP contribution >= 0.6 is 15.9 Å². The van der Waals surface area contributed by atoms with E-state index >= 15 is 0 Å². The molecule has 106 valence electrons. The lowest BCUT2D eigenvalue weighted by Crippen LogP contribution is -2.18. The van der Waals surface area contributed by atoms with Crippen LogP contribution in [-0.2, 0) is 9.84 Å². The van der Waals surface area contributed by atoms with Gasteiger partial charge in [0.1, 0.15) is 11.9 Å². The van der Waals surface area contributed by atoms with Gasteiger partial charge < -0.3 is 4.74 Å². The highest BCUT2D eigenvalue weighted by Crippen LogP contribution is 2.24. The lowest BCUT2D eigenvalue weighted by atomic mass is 10.1. The van der Waals surface area contributed by atoms with Gasteiger partial charge in [-0.15, -0.1) is 0 Å². The Hall–Kier alpha value is -1.33. The molecule has 0 spiro atoms. The molecule has 1 unspecified atom stereocenters. The molecule has 0 bridgehead atoms. The Morgan fingerprint density at radius 3 is 2.20 bits per heavy atom. The van der Waals surface area contributed by atoms with Crippen LogP contribution in [0, 0.1) is 0 Å². The van der Waals surface area contributed by atoms with Gasteiger partial charge in [-0.3, -0.25) is 0 Å². The van der Waals surface area contributed by atoms with E-state index in [2.05, 4.69) is 15.9 Å². The largest absolute Gasteiger partial charge is 0.485 e. The zero-order chi connectivity index (χ0) is 14.6. The summed E-state index contributed by atoms with van der Waals surface area (Å²) < 4.78 is 29.9. The Morgan fingerprint density at radius 2 is 1.65 bits per heavy atom. The van der Waals surface area contributed by atoms with E-state index < -0.39 is 15.9 Å². The van der Waals surface area contributed by atoms with Gasteiger partial charge in [0.15, 0.2) is 9.84 Å². The summed E-state index contributed by atoms with van der Waals surface area (Å²) in [6, 6.07) is 16.7. The second-order valence-electron chi connectivity index (χ2n) is 4.56. The van der Waals surface area contributed by atoms with Crippen molar-refractivity contribution in [3.8, 4) is 5.75 Å². The highest BCUT2D eigenvalue weighted by atomic mass is 79.9. The van der Waals surface area contributed by atoms with Crippen LogP contribution in [0.25, 0.3) is 0 Å². The Balaban J connectivity index is 2.25. The van der Waals surface area contributed by atoms with Gasteiger partial charge in [0.25, 0.3) is 0 Å². The fourth-order valence-electron chi connectivity index (χ4n) is 1.82. The normalized spacial score (nSPS) is 12.9. The van der Waals surface area contributed by atoms with Crippen LogP contribution in [-0.4, -0.2) is 20.4 Å². The van der Waals surface area contributed by atoms with Crippen molar-refractivity contribution in [2.24, 2.45) is 0 Å². The molecule has 0 aliphatic rings. The summed E-state index contributed by atoms with van der Waals surface area (Å²) in [5.74, 6) is 0.596. The summed E-state index contributed by atoms with van der Waals surface area (Å²) in [5, 5.41) is 0. The van der Waals surface area contributed by atoms with Gasteiger partial charge in [-0.1, -0.05) is 46.3 Å². The number of hydrogen-bond donors (Lipinski definition) is 0. The first-order valence-corrected chi connectivity index (χ1v) is 8.94. The minimum absolute atomic E-state index is 0.0485. The number of benzene rings is 2. The predicted molar refractivity (Wildman–Crippen MR) is 83.7 cm³/mol. The van der Waals surface area contributed by atoms with Crippen LogP contribution in [0.1, 0.15) is 11.7 Å². The van der Waals surface area contributed by atoms with Crippen LogP contribution in [0.2, 0.25) is 0 Å². The van der Waals surface area contributed by atoms with Gasteiger partial charge in [0.2, 0.25) is 0 Å². The highest BCUT2D eigenvalue weighted by molar-refractivity contribution is 9.10. The van der Waals surface area contributed by atoms with Crippen molar-refractivity contribution in [3.05, 3.63) is 64.6 Å². The van der Waals surface area contributed by atoms with Crippen molar-refractivity contribution in [1.82, 2.24) is 0 Å². The molecule has 0 amide bonds. The summed E-state index contributed by atoms with van der Waals surface area (Å²) in [5.41, 5.74) is 0.848. The van der Waals surface area contributed by atoms with Gasteiger partial charge >= 0.3 is 0 Å². The molecular weight excluding hydrogens is 340 g/mol. The zero-order valence-electron chi connectivity index (χ0n) is 11.0. The monoisotopic (exact) mass is 354 g/mol. The second-order valence-corrected chi connectivity index (χ2v) is 7.66. The van der Waals surface area contributed by atoms with Crippen molar-refractivity contribution in [2.45, 2.75) is 6.10 Å². The first-order valence-electron chi connectivity index (χ1n) is 6.09. The smallest absolute Gasteiger partial charge is 0.151 e. The van der Waals surface area contributed by atoms with E-state index in [0.29, 0.717) is 5.75 Å². The van der Waals surface area contributed by atoms with E-state index in [1.54, 1.807) is 0 Å². The van der Waals surface area contributed by atoms with Gasteiger partial charge in [-0.05, 0) is 29.8 Å². The van der Waals surface area contributed by atoms with Gasteiger partial charge in [-0.25, -0.2) is 8.42 Å². The van der Waals surface area contributed by atoms with Gasteiger partial charge in [0.05, 0.1) is 5.75 Å². The number of sulfone groups is 1. The third-order valence-corrected chi connectivity index (χ3v) is 4.15. The third-order valence-electron chi connectivity index (χ3n) is 2.72. The molecule has 2 aromatic rings. The average molecular weight is 355 g/mol. The molecular formula is C15H15BrO3S. The van der Waals surface area contributed by atoms with E-state index in [-0.39, 0.29) is 5.75 Å². The summed E-state index contributed by atoms with van der Waals surface area (Å²) in [6.07, 6.45) is 0.709. The van der Waals surface area contributed by atoms with Crippen molar-refractivity contribution < 1.29 is 13.2 Å². The van der Waals surface area contributed by atoms with Crippen molar-refractivity contribution >= 4 is 25.8 Å². The van der Waals surface area contributed by atoms with Crippen molar-refractivity contribution in [3.63, 3.8) is 0 Å². The molecule has 0 fully saturated rings. The van der Waals surface area contributed by atoms with Crippen LogP contribution in [0.5, 0.6) is 5.75 Å². The summed E-state index contributed by atoms with van der Waals surface area (Å²) in [7, 11) is -3.13. The molecule has 5 heteroatoms. The fraction of sp³-hybridized carbons (Fsp3) is 0.200. The molecule has 0 N–H and O–H groups in total. The molecule has 0 aliphatic carbocycles. The van der Waals surface area contributed by atoms with Crippen LogP contribution in [0.3, 0.4) is 0 Å². The van der Waals surface area contributed by atoms with E-state index in [4.69, 9.17) is 4.74 Å². The summed E-state index contributed by atoms with van der Waals surface area (Å²) in [4.78, 5) is 0. The van der Waals surface area contributed by atoms with Crippen LogP contribution in [0.15, 0.2) is 59.1 Å². The highest BCUT2D eigenvalue weighted by Gasteiger charge is 2.19. The maximum absolute atomic E-state index is 11.6. The number of halogens is 1. The van der Waals surface area contributed by atoms with E-state index in [1.807, 2.05) is 54.6 Å². The topological polar surface area (TPSA) is 43.4 Å². The van der Waals surface area contributed by atoms with E-state index in [1.165, 1.54) is 6.26 Å². The minimum atomic E-state index is -3.13. The number of hydrogen-bond acceptors (Lipinski definition) is 3. The molecule has 0 radical (unpaired) electrons. The molecule has 2 aromatic carbocycles. The molecule has 0 saturated carbocycles. The molecule has 0 aliphatic heterocycles. The Morgan fingerprint density at radius 1 is 1.05 bits per heavy atom. The SMILES string of the molecule is CS(=O)(=O)CC(Oc1ccc(Br)cc1)c1ccccc1. The Bertz CT molecular complexity index is 651. The maximum atomic E-state index is 11.6. The van der Waals surface area contributed by atoms with Gasteiger partial charge in [0, 0.05) is 10.7 Å². The second kappa shape index (κ2) is 6.41. The summed E-state index contributed by atoms with van der Waals surface area (Å²) in [6.45, 7) is 0. The molecule has 1 atom stereocenters. The lowest BCUT2D eigenvalue weighted by molar-refractivity contribution is 0.229.